The van der Waals surface area contributed by atoms with Crippen LogP contribution in [0, 0.1) is 10.1 Å². The predicted octanol–water partition coefficient (Wildman–Crippen LogP) is 4.04. The predicted molar refractivity (Wildman–Crippen MR) is 96.6 cm³/mol. The van der Waals surface area contributed by atoms with Crippen LogP contribution in [0.5, 0.6) is 5.75 Å². The molecule has 1 atom stereocenters. The minimum Gasteiger partial charge on any atom is -0.492 e. The number of hydrogen-bond acceptors (Lipinski definition) is 7. The summed E-state index contributed by atoms with van der Waals surface area (Å²) in [6.07, 6.45) is 2.44. The van der Waals surface area contributed by atoms with Gasteiger partial charge in [0.2, 0.25) is 0 Å². The maximum atomic E-state index is 11.7. The lowest BCUT2D eigenvalue weighted by Gasteiger charge is -2.18. The molecule has 0 spiro atoms. The first-order valence-electron chi connectivity index (χ1n) is 7.43. The molecule has 2 heterocycles. The number of nitrogens with one attached hydrogen (secondary N) is 1. The van der Waals surface area contributed by atoms with E-state index >= 15 is 0 Å². The molecule has 0 bridgehead atoms. The summed E-state index contributed by atoms with van der Waals surface area (Å²) in [4.78, 5) is 10.7. The number of rotatable bonds is 4. The summed E-state index contributed by atoms with van der Waals surface area (Å²) in [5.41, 5.74) is 0.549. The Kier molecular flexibility index (Phi) is 4.90. The number of sulfone groups is 1. The Morgan fingerprint density at radius 1 is 1.44 bits per heavy atom. The van der Waals surface area contributed by atoms with Crippen LogP contribution < -0.4 is 10.1 Å². The van der Waals surface area contributed by atoms with E-state index in [4.69, 9.17) is 16.3 Å². The summed E-state index contributed by atoms with van der Waals surface area (Å²) in [5, 5.41) is 15.1. The molecule has 1 aromatic carbocycles. The molecule has 0 fully saturated rings. The quantitative estimate of drug-likeness (QED) is 0.612. The monoisotopic (exact) mass is 402 g/mol. The number of nitro groups is 1. The highest BCUT2D eigenvalue weighted by Gasteiger charge is 2.28. The molecule has 25 heavy (non-hydrogen) atoms. The fourth-order valence-corrected chi connectivity index (χ4v) is 4.89. The van der Waals surface area contributed by atoms with E-state index in [1.807, 2.05) is 6.07 Å². The van der Waals surface area contributed by atoms with E-state index in [1.165, 1.54) is 0 Å². The largest absolute Gasteiger partial charge is 0.492 e. The lowest BCUT2D eigenvalue weighted by Crippen LogP contribution is -2.10. The molecule has 1 aliphatic heterocycles. The normalized spacial score (nSPS) is 17.3. The highest BCUT2D eigenvalue weighted by molar-refractivity contribution is 7.92. The molecule has 0 amide bonds. The van der Waals surface area contributed by atoms with Crippen molar-refractivity contribution in [3.63, 3.8) is 0 Å². The van der Waals surface area contributed by atoms with Gasteiger partial charge in [0.15, 0.2) is 14.8 Å². The smallest absolute Gasteiger partial charge is 0.304 e. The van der Waals surface area contributed by atoms with Gasteiger partial charge in [0.05, 0.1) is 22.6 Å². The van der Waals surface area contributed by atoms with Crippen molar-refractivity contribution in [2.45, 2.75) is 23.1 Å². The molecule has 0 radical (unpaired) electrons. The van der Waals surface area contributed by atoms with Crippen LogP contribution in [0.25, 0.3) is 0 Å². The van der Waals surface area contributed by atoms with Gasteiger partial charge in [0.25, 0.3) is 0 Å². The van der Waals surface area contributed by atoms with Gasteiger partial charge in [-0.1, -0.05) is 35.1 Å². The van der Waals surface area contributed by atoms with Gasteiger partial charge in [-0.05, 0) is 18.9 Å². The van der Waals surface area contributed by atoms with E-state index in [1.54, 1.807) is 12.1 Å². The van der Waals surface area contributed by atoms with E-state index in [2.05, 4.69) is 5.32 Å². The van der Waals surface area contributed by atoms with Gasteiger partial charge >= 0.3 is 5.69 Å². The van der Waals surface area contributed by atoms with E-state index in [9.17, 15) is 18.5 Å². The Balaban J connectivity index is 2.02. The van der Waals surface area contributed by atoms with Gasteiger partial charge in [-0.2, -0.15) is 0 Å². The fourth-order valence-electron chi connectivity index (χ4n) is 2.66. The number of anilines is 1. The molecule has 0 aliphatic carbocycles. The van der Waals surface area contributed by atoms with Crippen molar-refractivity contribution in [1.29, 1.82) is 0 Å². The van der Waals surface area contributed by atoms with Crippen LogP contribution in [0.3, 0.4) is 0 Å². The minimum atomic E-state index is -3.52. The van der Waals surface area contributed by atoms with E-state index in [-0.39, 0.29) is 20.9 Å². The zero-order valence-electron chi connectivity index (χ0n) is 13.2. The molecule has 0 saturated carbocycles. The van der Waals surface area contributed by atoms with Crippen molar-refractivity contribution in [1.82, 2.24) is 0 Å². The van der Waals surface area contributed by atoms with Crippen LogP contribution in [0.2, 0.25) is 5.02 Å². The Bertz CT molecular complexity index is 926. The number of fused-ring (bicyclic) bond motifs is 1. The number of nitrogens with zero attached hydrogens (tertiary/aromatic N) is 1. The third-order valence-electron chi connectivity index (χ3n) is 3.81. The Morgan fingerprint density at radius 2 is 2.20 bits per heavy atom. The van der Waals surface area contributed by atoms with E-state index < -0.39 is 14.8 Å². The molecule has 1 aromatic heterocycles. The average Bonchev–Trinajstić information content (AvgIpc) is 2.85. The van der Waals surface area contributed by atoms with Gasteiger partial charge in [0.1, 0.15) is 9.96 Å². The topological polar surface area (TPSA) is 98.5 Å². The number of halogens is 1. The minimum absolute atomic E-state index is 0.0436. The van der Waals surface area contributed by atoms with Gasteiger partial charge in [-0.15, -0.1) is 0 Å². The molecular weight excluding hydrogens is 388 g/mol. The molecular formula is C15H15ClN2O5S2. The van der Waals surface area contributed by atoms with Crippen LogP contribution in [0.4, 0.5) is 10.7 Å². The van der Waals surface area contributed by atoms with Crippen molar-refractivity contribution in [3.05, 3.63) is 45.0 Å². The van der Waals surface area contributed by atoms with Crippen LogP contribution in [-0.4, -0.2) is 26.2 Å². The fraction of sp³-hybridized carbons (Fsp3) is 0.333. The zero-order valence-corrected chi connectivity index (χ0v) is 15.6. The third kappa shape index (κ3) is 3.73. The van der Waals surface area contributed by atoms with Crippen molar-refractivity contribution in [2.75, 3.05) is 18.2 Å². The molecule has 0 saturated heterocycles. The van der Waals surface area contributed by atoms with Gasteiger partial charge in [0, 0.05) is 17.9 Å². The lowest BCUT2D eigenvalue weighted by molar-refractivity contribution is -0.383. The summed E-state index contributed by atoms with van der Waals surface area (Å²) in [7, 11) is -3.52. The first kappa shape index (κ1) is 18.0. The third-order valence-corrected chi connectivity index (χ3v) is 6.97. The van der Waals surface area contributed by atoms with Crippen molar-refractivity contribution in [2.24, 2.45) is 0 Å². The summed E-state index contributed by atoms with van der Waals surface area (Å²) in [5.74, 6) is 0.557. The molecule has 3 rings (SSSR count). The number of thiophene rings is 1. The van der Waals surface area contributed by atoms with Crippen molar-refractivity contribution in [3.8, 4) is 5.75 Å². The standard InChI is InChI=1S/C15H15ClN2O5S2/c1-25(21,22)13-8-12(18(19)20)15(24-13)17-11-6-3-7-23-14-9(11)4-2-5-10(14)16/h2,4-5,8,11,17H,3,6-7H2,1H3. The SMILES string of the molecule is CS(=O)(=O)c1cc([N+](=O)[O-])c(NC2CCCOc3c(Cl)cccc32)s1. The van der Waals surface area contributed by atoms with Crippen LogP contribution >= 0.6 is 22.9 Å². The summed E-state index contributed by atoms with van der Waals surface area (Å²) >= 11 is 7.05. The second kappa shape index (κ2) is 6.81. The molecule has 134 valence electrons. The maximum absolute atomic E-state index is 11.7. The molecule has 2 aromatic rings. The van der Waals surface area contributed by atoms with Crippen molar-refractivity contribution >= 4 is 43.5 Å². The molecule has 1 aliphatic rings. The number of para-hydroxylation sites is 1. The maximum Gasteiger partial charge on any atom is 0.304 e. The molecule has 10 heteroatoms. The number of hydrogen-bond donors (Lipinski definition) is 1. The van der Waals surface area contributed by atoms with Gasteiger partial charge in [-0.25, -0.2) is 8.42 Å². The number of benzene rings is 1. The van der Waals surface area contributed by atoms with E-state index in [0.29, 0.717) is 23.8 Å². The van der Waals surface area contributed by atoms with Crippen LogP contribution in [0.15, 0.2) is 28.5 Å². The Morgan fingerprint density at radius 3 is 2.88 bits per heavy atom. The lowest BCUT2D eigenvalue weighted by atomic mass is 10.0. The Hall–Kier alpha value is -1.84. The summed E-state index contributed by atoms with van der Waals surface area (Å²) in [6.45, 7) is 0.496. The zero-order chi connectivity index (χ0) is 18.2. The first-order valence-corrected chi connectivity index (χ1v) is 10.5. The highest BCUT2D eigenvalue weighted by atomic mass is 35.5. The van der Waals surface area contributed by atoms with Gasteiger partial charge in [-0.3, -0.25) is 10.1 Å². The highest BCUT2D eigenvalue weighted by Crippen LogP contribution is 2.43. The second-order valence-electron chi connectivity index (χ2n) is 5.65. The molecule has 1 N–H and O–H groups in total. The van der Waals surface area contributed by atoms with E-state index in [0.717, 1.165) is 35.6 Å². The summed E-state index contributed by atoms with van der Waals surface area (Å²) in [6, 6.07) is 6.18. The first-order chi connectivity index (χ1) is 11.8. The number of ether oxygens (including phenoxy) is 1. The second-order valence-corrected chi connectivity index (χ2v) is 9.36. The Labute approximate surface area is 153 Å². The molecule has 1 unspecified atom stereocenters. The summed E-state index contributed by atoms with van der Waals surface area (Å²) < 4.78 is 29.1. The van der Waals surface area contributed by atoms with Gasteiger partial charge < -0.3 is 10.1 Å². The average molecular weight is 403 g/mol. The molecule has 7 nitrogen and oxygen atoms in total. The van der Waals surface area contributed by atoms with Crippen LogP contribution in [-0.2, 0) is 9.84 Å². The van der Waals surface area contributed by atoms with Crippen molar-refractivity contribution < 1.29 is 18.1 Å². The van der Waals surface area contributed by atoms with Crippen LogP contribution in [0.1, 0.15) is 24.4 Å².